The summed E-state index contributed by atoms with van der Waals surface area (Å²) < 4.78 is 5.36. The molecular weight excluding hydrogens is 252 g/mol. The van der Waals surface area contributed by atoms with E-state index in [0.717, 1.165) is 25.9 Å². The molecule has 5 heteroatoms. The average Bonchev–Trinajstić information content (AvgIpc) is 2.10. The van der Waals surface area contributed by atoms with Crippen molar-refractivity contribution >= 4 is 18.5 Å². The van der Waals surface area contributed by atoms with Crippen LogP contribution >= 0.6 is 12.4 Å². The number of halogens is 1. The number of hydrogen-bond acceptors (Lipinski definition) is 3. The molecule has 1 heterocycles. The molecule has 18 heavy (non-hydrogen) atoms. The lowest BCUT2D eigenvalue weighted by Crippen LogP contribution is -2.61. The number of ether oxygens (including phenoxy) is 1. The second-order valence-electron chi connectivity index (χ2n) is 6.69. The Morgan fingerprint density at radius 1 is 1.39 bits per heavy atom. The zero-order valence-electron chi connectivity index (χ0n) is 11.6. The molecule has 1 atom stereocenters. The van der Waals surface area contributed by atoms with Gasteiger partial charge in [0.2, 0.25) is 0 Å². The second kappa shape index (κ2) is 5.25. The van der Waals surface area contributed by atoms with Gasteiger partial charge in [-0.1, -0.05) is 6.42 Å². The summed E-state index contributed by atoms with van der Waals surface area (Å²) >= 11 is 0. The van der Waals surface area contributed by atoms with Crippen molar-refractivity contribution in [3.05, 3.63) is 0 Å². The van der Waals surface area contributed by atoms with Gasteiger partial charge in [0.25, 0.3) is 0 Å². The number of likely N-dealkylation sites (tertiary alicyclic amines) is 1. The Labute approximate surface area is 116 Å². The number of carbonyl (C=O) groups excluding carboxylic acids is 1. The molecule has 2 rings (SSSR count). The lowest BCUT2D eigenvalue weighted by Gasteiger charge is -2.53. The molecule has 1 amide bonds. The van der Waals surface area contributed by atoms with E-state index in [9.17, 15) is 4.79 Å². The number of nitrogens with two attached hydrogens (primary N) is 1. The van der Waals surface area contributed by atoms with Gasteiger partial charge in [0.15, 0.2) is 0 Å². The van der Waals surface area contributed by atoms with Crippen molar-refractivity contribution < 1.29 is 9.53 Å². The maximum atomic E-state index is 11.8. The van der Waals surface area contributed by atoms with E-state index in [0.29, 0.717) is 11.5 Å². The molecule has 1 unspecified atom stereocenters. The Balaban J connectivity index is 0.00000162. The fourth-order valence-corrected chi connectivity index (χ4v) is 3.01. The van der Waals surface area contributed by atoms with E-state index in [1.807, 2.05) is 25.7 Å². The standard InChI is InChI=1S/C13H24N2O2.ClH/c1-12(2,3)17-11(16)15-8-13(9-15)6-4-5-10(14)7-13;/h10H,4-9,14H2,1-3H3;1H. The van der Waals surface area contributed by atoms with Crippen molar-refractivity contribution in [2.45, 2.75) is 58.1 Å². The van der Waals surface area contributed by atoms with Crippen molar-refractivity contribution in [2.24, 2.45) is 11.1 Å². The zero-order chi connectivity index (χ0) is 12.7. The van der Waals surface area contributed by atoms with E-state index in [-0.39, 0.29) is 18.5 Å². The number of amides is 1. The van der Waals surface area contributed by atoms with Gasteiger partial charge in [-0.2, -0.15) is 0 Å². The molecular formula is C13H25ClN2O2. The Kier molecular flexibility index (Phi) is 4.55. The summed E-state index contributed by atoms with van der Waals surface area (Å²) in [5.41, 5.74) is 5.91. The first-order valence-corrected chi connectivity index (χ1v) is 6.53. The summed E-state index contributed by atoms with van der Waals surface area (Å²) in [6, 6.07) is 0.324. The van der Waals surface area contributed by atoms with E-state index in [4.69, 9.17) is 10.5 Å². The highest BCUT2D eigenvalue weighted by Gasteiger charge is 2.48. The molecule has 4 nitrogen and oxygen atoms in total. The van der Waals surface area contributed by atoms with Gasteiger partial charge in [0.1, 0.15) is 5.60 Å². The van der Waals surface area contributed by atoms with Gasteiger partial charge in [-0.15, -0.1) is 12.4 Å². The maximum Gasteiger partial charge on any atom is 0.410 e. The Morgan fingerprint density at radius 2 is 2.00 bits per heavy atom. The van der Waals surface area contributed by atoms with E-state index >= 15 is 0 Å². The SMILES string of the molecule is CC(C)(C)OC(=O)N1CC2(CCCC(N)C2)C1.Cl. The van der Waals surface area contributed by atoms with Gasteiger partial charge in [-0.25, -0.2) is 4.79 Å². The minimum Gasteiger partial charge on any atom is -0.444 e. The van der Waals surface area contributed by atoms with Crippen LogP contribution in [0.1, 0.15) is 46.5 Å². The minimum atomic E-state index is -0.400. The van der Waals surface area contributed by atoms with Gasteiger partial charge >= 0.3 is 6.09 Å². The molecule has 2 N–H and O–H groups in total. The van der Waals surface area contributed by atoms with E-state index in [1.165, 1.54) is 12.8 Å². The predicted molar refractivity (Wildman–Crippen MR) is 73.9 cm³/mol. The van der Waals surface area contributed by atoms with Crippen LogP contribution in [0.15, 0.2) is 0 Å². The first kappa shape index (κ1) is 15.6. The number of rotatable bonds is 0. The van der Waals surface area contributed by atoms with Gasteiger partial charge in [-0.3, -0.25) is 0 Å². The van der Waals surface area contributed by atoms with Crippen molar-refractivity contribution in [1.82, 2.24) is 4.90 Å². The van der Waals surface area contributed by atoms with Crippen molar-refractivity contribution in [2.75, 3.05) is 13.1 Å². The molecule has 1 aliphatic heterocycles. The van der Waals surface area contributed by atoms with E-state index < -0.39 is 5.60 Å². The summed E-state index contributed by atoms with van der Waals surface area (Å²) in [4.78, 5) is 13.6. The number of carbonyl (C=O) groups is 1. The van der Waals surface area contributed by atoms with Gasteiger partial charge < -0.3 is 15.4 Å². The molecule has 1 saturated carbocycles. The largest absolute Gasteiger partial charge is 0.444 e. The van der Waals surface area contributed by atoms with Gasteiger partial charge in [0.05, 0.1) is 0 Å². The average molecular weight is 277 g/mol. The van der Waals surface area contributed by atoms with Crippen molar-refractivity contribution in [1.29, 1.82) is 0 Å². The molecule has 0 radical (unpaired) electrons. The highest BCUT2D eigenvalue weighted by atomic mass is 35.5. The highest BCUT2D eigenvalue weighted by Crippen LogP contribution is 2.43. The van der Waals surface area contributed by atoms with E-state index in [1.54, 1.807) is 0 Å². The summed E-state index contributed by atoms with van der Waals surface area (Å²) in [6.07, 6.45) is 4.42. The Morgan fingerprint density at radius 3 is 2.50 bits per heavy atom. The summed E-state index contributed by atoms with van der Waals surface area (Å²) in [6.45, 7) is 7.36. The molecule has 1 aliphatic carbocycles. The van der Waals surface area contributed by atoms with Crippen molar-refractivity contribution in [3.63, 3.8) is 0 Å². The number of hydrogen-bond donors (Lipinski definition) is 1. The molecule has 0 aromatic rings. The monoisotopic (exact) mass is 276 g/mol. The fourth-order valence-electron chi connectivity index (χ4n) is 3.01. The first-order valence-electron chi connectivity index (χ1n) is 6.53. The zero-order valence-corrected chi connectivity index (χ0v) is 12.4. The smallest absolute Gasteiger partial charge is 0.410 e. The van der Waals surface area contributed by atoms with Crippen LogP contribution in [0.4, 0.5) is 4.79 Å². The van der Waals surface area contributed by atoms with Gasteiger partial charge in [-0.05, 0) is 40.0 Å². The quantitative estimate of drug-likeness (QED) is 0.740. The summed E-state index contributed by atoms with van der Waals surface area (Å²) in [7, 11) is 0. The molecule has 0 bridgehead atoms. The molecule has 1 saturated heterocycles. The van der Waals surface area contributed by atoms with Crippen molar-refractivity contribution in [3.8, 4) is 0 Å². The third-order valence-electron chi connectivity index (χ3n) is 3.68. The first-order chi connectivity index (χ1) is 7.80. The van der Waals surface area contributed by atoms with Crippen LogP contribution in [0.2, 0.25) is 0 Å². The number of nitrogens with zero attached hydrogens (tertiary/aromatic N) is 1. The minimum absolute atomic E-state index is 0. The maximum absolute atomic E-state index is 11.8. The lowest BCUT2D eigenvalue weighted by atomic mass is 9.67. The van der Waals surface area contributed by atoms with Crippen LogP contribution in [0.25, 0.3) is 0 Å². The Bertz CT molecular complexity index is 309. The normalized spacial score (nSPS) is 26.2. The van der Waals surface area contributed by atoms with Crippen LogP contribution in [-0.4, -0.2) is 35.7 Å². The molecule has 2 aliphatic rings. The molecule has 2 fully saturated rings. The second-order valence-corrected chi connectivity index (χ2v) is 6.69. The summed E-state index contributed by atoms with van der Waals surface area (Å²) in [5, 5.41) is 0. The molecule has 1 spiro atoms. The van der Waals surface area contributed by atoms with Crippen LogP contribution in [-0.2, 0) is 4.74 Å². The molecule has 106 valence electrons. The Hall–Kier alpha value is -0.480. The predicted octanol–water partition coefficient (Wildman–Crippen LogP) is 2.55. The van der Waals surface area contributed by atoms with Crippen LogP contribution in [0, 0.1) is 5.41 Å². The topological polar surface area (TPSA) is 55.6 Å². The summed E-state index contributed by atoms with van der Waals surface area (Å²) in [5.74, 6) is 0. The fraction of sp³-hybridized carbons (Fsp3) is 0.923. The highest BCUT2D eigenvalue weighted by molar-refractivity contribution is 5.85. The van der Waals surface area contributed by atoms with Crippen LogP contribution in [0.3, 0.4) is 0 Å². The third-order valence-corrected chi connectivity index (χ3v) is 3.68. The molecule has 0 aromatic carbocycles. The van der Waals surface area contributed by atoms with Crippen LogP contribution in [0.5, 0.6) is 0 Å². The lowest BCUT2D eigenvalue weighted by molar-refractivity contribution is -0.0514. The van der Waals surface area contributed by atoms with Crippen LogP contribution < -0.4 is 5.73 Å². The molecule has 0 aromatic heterocycles. The van der Waals surface area contributed by atoms with Gasteiger partial charge in [0, 0.05) is 24.5 Å². The third kappa shape index (κ3) is 3.51. The van der Waals surface area contributed by atoms with E-state index in [2.05, 4.69) is 0 Å².